The Balaban J connectivity index is 1.88. The molecular formula is C16H15N5O. The van der Waals surface area contributed by atoms with Gasteiger partial charge in [-0.3, -0.25) is 9.36 Å². The van der Waals surface area contributed by atoms with E-state index in [0.29, 0.717) is 11.4 Å². The number of hydrogen-bond donors (Lipinski definition) is 0. The zero-order valence-corrected chi connectivity index (χ0v) is 12.2. The van der Waals surface area contributed by atoms with Crippen molar-refractivity contribution in [3.05, 3.63) is 35.7 Å². The molecule has 0 radical (unpaired) electrons. The standard InChI is InChI=1S/C16H15N5O/c1-10-16(22)20-7-3-6-13(20)15-19-18-14(21(10)15)12-5-2-4-11(8-12)9-17/h2,4-5,8,10,13H,3,6-7H2,1H3/t10-,13+/m0/s1. The molecule has 0 N–H and O–H groups in total. The SMILES string of the molecule is C[C@H]1C(=O)N2CCC[C@@H]2c2nnc(-c3cccc(C#N)c3)n21. The molecule has 1 amide bonds. The highest BCUT2D eigenvalue weighted by Crippen LogP contribution is 2.40. The maximum Gasteiger partial charge on any atom is 0.246 e. The van der Waals surface area contributed by atoms with Crippen LogP contribution < -0.4 is 0 Å². The molecule has 1 saturated heterocycles. The fraction of sp³-hybridized carbons (Fsp3) is 0.375. The lowest BCUT2D eigenvalue weighted by Gasteiger charge is -2.34. The number of aromatic nitrogens is 3. The first kappa shape index (κ1) is 13.0. The van der Waals surface area contributed by atoms with Crippen LogP contribution in [0.4, 0.5) is 0 Å². The minimum atomic E-state index is -0.305. The van der Waals surface area contributed by atoms with Crippen LogP contribution in [-0.2, 0) is 4.79 Å². The molecule has 1 aromatic carbocycles. The van der Waals surface area contributed by atoms with Crippen molar-refractivity contribution in [3.63, 3.8) is 0 Å². The van der Waals surface area contributed by atoms with Crippen molar-refractivity contribution in [1.82, 2.24) is 19.7 Å². The van der Waals surface area contributed by atoms with E-state index in [9.17, 15) is 4.79 Å². The average molecular weight is 293 g/mol. The third-order valence-electron chi connectivity index (χ3n) is 4.55. The number of benzene rings is 1. The Morgan fingerprint density at radius 3 is 3.05 bits per heavy atom. The number of amides is 1. The Morgan fingerprint density at radius 1 is 1.36 bits per heavy atom. The van der Waals surface area contributed by atoms with Gasteiger partial charge in [-0.1, -0.05) is 12.1 Å². The van der Waals surface area contributed by atoms with Crippen molar-refractivity contribution in [3.8, 4) is 17.5 Å². The van der Waals surface area contributed by atoms with E-state index in [1.54, 1.807) is 12.1 Å². The molecule has 0 spiro atoms. The molecule has 4 rings (SSSR count). The number of rotatable bonds is 1. The lowest BCUT2D eigenvalue weighted by atomic mass is 10.1. The van der Waals surface area contributed by atoms with Crippen molar-refractivity contribution in [2.75, 3.05) is 6.54 Å². The van der Waals surface area contributed by atoms with Crippen molar-refractivity contribution in [2.45, 2.75) is 31.8 Å². The molecule has 2 aliphatic heterocycles. The largest absolute Gasteiger partial charge is 0.331 e. The van der Waals surface area contributed by atoms with Crippen LogP contribution in [0.5, 0.6) is 0 Å². The Labute approximate surface area is 128 Å². The summed E-state index contributed by atoms with van der Waals surface area (Å²) < 4.78 is 1.94. The van der Waals surface area contributed by atoms with Gasteiger partial charge in [-0.05, 0) is 31.9 Å². The summed E-state index contributed by atoms with van der Waals surface area (Å²) in [6, 6.07) is 9.14. The maximum absolute atomic E-state index is 12.6. The maximum atomic E-state index is 12.6. The van der Waals surface area contributed by atoms with Crippen LogP contribution in [0, 0.1) is 11.3 Å². The molecule has 1 aromatic heterocycles. The van der Waals surface area contributed by atoms with Crippen molar-refractivity contribution < 1.29 is 4.79 Å². The van der Waals surface area contributed by atoms with Crippen LogP contribution in [0.3, 0.4) is 0 Å². The average Bonchev–Trinajstić information content (AvgIpc) is 3.19. The van der Waals surface area contributed by atoms with Gasteiger partial charge in [-0.15, -0.1) is 10.2 Å². The Morgan fingerprint density at radius 2 is 2.23 bits per heavy atom. The Hall–Kier alpha value is -2.68. The van der Waals surface area contributed by atoms with Gasteiger partial charge in [0.2, 0.25) is 5.91 Å². The van der Waals surface area contributed by atoms with Crippen LogP contribution in [0.15, 0.2) is 24.3 Å². The second-order valence-corrected chi connectivity index (χ2v) is 5.81. The second kappa shape index (κ2) is 4.67. The Kier molecular flexibility index (Phi) is 2.76. The number of nitrogens with zero attached hydrogens (tertiary/aromatic N) is 5. The zero-order valence-electron chi connectivity index (χ0n) is 12.2. The van der Waals surface area contributed by atoms with Crippen LogP contribution in [0.25, 0.3) is 11.4 Å². The van der Waals surface area contributed by atoms with Crippen molar-refractivity contribution in [2.24, 2.45) is 0 Å². The normalized spacial score (nSPS) is 23.1. The second-order valence-electron chi connectivity index (χ2n) is 5.81. The van der Waals surface area contributed by atoms with Crippen LogP contribution in [0.1, 0.15) is 43.2 Å². The number of nitriles is 1. The molecule has 0 bridgehead atoms. The first-order chi connectivity index (χ1) is 10.7. The topological polar surface area (TPSA) is 74.8 Å². The first-order valence-corrected chi connectivity index (χ1v) is 7.46. The van der Waals surface area contributed by atoms with Crippen molar-refractivity contribution in [1.29, 1.82) is 5.26 Å². The lowest BCUT2D eigenvalue weighted by Crippen LogP contribution is -2.42. The molecule has 22 heavy (non-hydrogen) atoms. The van der Waals surface area contributed by atoms with Gasteiger partial charge in [0, 0.05) is 12.1 Å². The molecule has 6 nitrogen and oxygen atoms in total. The number of carbonyl (C=O) groups is 1. The van der Waals surface area contributed by atoms with E-state index in [1.165, 1.54) is 0 Å². The molecule has 0 saturated carbocycles. The van der Waals surface area contributed by atoms with Crippen LogP contribution >= 0.6 is 0 Å². The van der Waals surface area contributed by atoms with Crippen molar-refractivity contribution >= 4 is 5.91 Å². The van der Waals surface area contributed by atoms with E-state index in [4.69, 9.17) is 5.26 Å². The van der Waals surface area contributed by atoms with Gasteiger partial charge in [-0.2, -0.15) is 5.26 Å². The predicted octanol–water partition coefficient (Wildman–Crippen LogP) is 2.05. The van der Waals surface area contributed by atoms with Gasteiger partial charge in [0.15, 0.2) is 11.6 Å². The molecule has 2 atom stereocenters. The first-order valence-electron chi connectivity index (χ1n) is 7.46. The predicted molar refractivity (Wildman–Crippen MR) is 78.6 cm³/mol. The summed E-state index contributed by atoms with van der Waals surface area (Å²) in [5, 5.41) is 17.7. The smallest absolute Gasteiger partial charge is 0.246 e. The van der Waals surface area contributed by atoms with Gasteiger partial charge >= 0.3 is 0 Å². The molecule has 1 fully saturated rings. The molecule has 2 aliphatic rings. The molecule has 6 heteroatoms. The highest BCUT2D eigenvalue weighted by Gasteiger charge is 2.42. The quantitative estimate of drug-likeness (QED) is 0.806. The number of carbonyl (C=O) groups excluding carboxylic acids is 1. The molecule has 3 heterocycles. The monoisotopic (exact) mass is 293 g/mol. The van der Waals surface area contributed by atoms with Gasteiger partial charge in [-0.25, -0.2) is 0 Å². The highest BCUT2D eigenvalue weighted by atomic mass is 16.2. The van der Waals surface area contributed by atoms with Gasteiger partial charge in [0.1, 0.15) is 6.04 Å². The van der Waals surface area contributed by atoms with E-state index >= 15 is 0 Å². The summed E-state index contributed by atoms with van der Waals surface area (Å²) in [5.74, 6) is 1.66. The molecule has 110 valence electrons. The minimum Gasteiger partial charge on any atom is -0.331 e. The minimum absolute atomic E-state index is 0.0455. The summed E-state index contributed by atoms with van der Waals surface area (Å²) in [7, 11) is 0. The highest BCUT2D eigenvalue weighted by molar-refractivity contribution is 5.83. The van der Waals surface area contributed by atoms with E-state index < -0.39 is 0 Å². The summed E-state index contributed by atoms with van der Waals surface area (Å²) in [6.45, 7) is 2.70. The third kappa shape index (κ3) is 1.69. The van der Waals surface area contributed by atoms with Gasteiger partial charge < -0.3 is 4.90 Å². The lowest BCUT2D eigenvalue weighted by molar-refractivity contribution is -0.137. The fourth-order valence-corrected chi connectivity index (χ4v) is 3.49. The molecule has 2 aromatic rings. The van der Waals surface area contributed by atoms with Crippen LogP contribution in [-0.4, -0.2) is 32.1 Å². The Bertz CT molecular complexity index is 803. The van der Waals surface area contributed by atoms with Gasteiger partial charge in [0.05, 0.1) is 17.7 Å². The van der Waals surface area contributed by atoms with E-state index in [0.717, 1.165) is 30.8 Å². The van der Waals surface area contributed by atoms with E-state index in [2.05, 4.69) is 16.3 Å². The summed E-state index contributed by atoms with van der Waals surface area (Å²) in [4.78, 5) is 14.5. The summed E-state index contributed by atoms with van der Waals surface area (Å²) in [6.07, 6.45) is 1.95. The van der Waals surface area contributed by atoms with Crippen LogP contribution in [0.2, 0.25) is 0 Å². The van der Waals surface area contributed by atoms with Gasteiger partial charge in [0.25, 0.3) is 0 Å². The molecule has 0 aliphatic carbocycles. The van der Waals surface area contributed by atoms with E-state index in [1.807, 2.05) is 28.5 Å². The molecule has 0 unspecified atom stereocenters. The summed E-state index contributed by atoms with van der Waals surface area (Å²) in [5.41, 5.74) is 1.40. The third-order valence-corrected chi connectivity index (χ3v) is 4.55. The molecular weight excluding hydrogens is 278 g/mol. The zero-order chi connectivity index (χ0) is 15.3. The van der Waals surface area contributed by atoms with E-state index in [-0.39, 0.29) is 18.0 Å². The number of hydrogen-bond acceptors (Lipinski definition) is 4. The number of fused-ring (bicyclic) bond motifs is 3. The fourth-order valence-electron chi connectivity index (χ4n) is 3.49. The summed E-state index contributed by atoms with van der Waals surface area (Å²) >= 11 is 0.